The van der Waals surface area contributed by atoms with Crippen molar-refractivity contribution < 1.29 is 49.4 Å². The molecule has 0 aliphatic rings. The lowest BCUT2D eigenvalue weighted by molar-refractivity contribution is -0.904. The Hall–Kier alpha value is -2.33. The Labute approximate surface area is 126 Å². The van der Waals surface area contributed by atoms with E-state index in [9.17, 15) is 34.5 Å². The first-order chi connectivity index (χ1) is 10.4. The molecule has 0 aromatic carbocycles. The van der Waals surface area contributed by atoms with Crippen LogP contribution in [0.4, 0.5) is 34.5 Å². The number of rotatable bonds is 0. The van der Waals surface area contributed by atoms with Crippen LogP contribution in [-0.4, -0.2) is 19.7 Å². The second-order valence-corrected chi connectivity index (χ2v) is 3.32. The number of nitrogens with zero attached hydrogens (tertiary/aromatic N) is 1. The molecule has 0 fully saturated rings. The van der Waals surface area contributed by atoms with Crippen LogP contribution >= 0.6 is 0 Å². The van der Waals surface area contributed by atoms with E-state index < -0.39 is 14.5 Å². The fourth-order valence-corrected chi connectivity index (χ4v) is 0.732. The van der Waals surface area contributed by atoms with Crippen LogP contribution in [0.15, 0.2) is 61.2 Å². The highest BCUT2D eigenvalue weighted by Crippen LogP contribution is 2.07. The van der Waals surface area contributed by atoms with Crippen molar-refractivity contribution in [2.45, 2.75) is 0 Å². The van der Waals surface area contributed by atoms with Gasteiger partial charge in [-0.15, -0.1) is 0 Å². The molecular formula is C10H12B2F8N2O. The Morgan fingerprint density at radius 1 is 0.609 bits per heavy atom. The van der Waals surface area contributed by atoms with Crippen molar-refractivity contribution in [3.8, 4) is 0 Å². The number of hydrogen-bond acceptors (Lipinski definition) is 1. The Morgan fingerprint density at radius 2 is 0.913 bits per heavy atom. The van der Waals surface area contributed by atoms with Gasteiger partial charge in [0.2, 0.25) is 12.4 Å². The summed E-state index contributed by atoms with van der Waals surface area (Å²) in [5.74, 6) is 0. The molecule has 3 nitrogen and oxygen atoms in total. The molecule has 2 rings (SSSR count). The number of halogens is 8. The summed E-state index contributed by atoms with van der Waals surface area (Å²) in [6.07, 6.45) is 6.86. The van der Waals surface area contributed by atoms with Gasteiger partial charge in [0.05, 0.1) is 0 Å². The van der Waals surface area contributed by atoms with E-state index in [1.807, 2.05) is 36.7 Å². The maximum atomic E-state index is 9.75. The van der Waals surface area contributed by atoms with E-state index in [1.165, 1.54) is 0 Å². The van der Waals surface area contributed by atoms with E-state index in [-0.39, 0.29) is 0 Å². The number of pyridine rings is 2. The van der Waals surface area contributed by atoms with Gasteiger partial charge in [-0.25, -0.2) is 4.98 Å². The summed E-state index contributed by atoms with van der Waals surface area (Å²) >= 11 is 0. The molecule has 13 heteroatoms. The maximum absolute atomic E-state index is 9.75. The zero-order valence-electron chi connectivity index (χ0n) is 11.3. The van der Waals surface area contributed by atoms with E-state index in [2.05, 4.69) is 4.98 Å². The van der Waals surface area contributed by atoms with Crippen molar-refractivity contribution >= 4 is 14.5 Å². The summed E-state index contributed by atoms with van der Waals surface area (Å²) in [4.78, 5) is 2.89. The van der Waals surface area contributed by atoms with Gasteiger partial charge in [0.25, 0.3) is 0 Å². The van der Waals surface area contributed by atoms with Crippen LogP contribution in [0.1, 0.15) is 0 Å². The smallest absolute Gasteiger partial charge is 0.418 e. The van der Waals surface area contributed by atoms with Gasteiger partial charge in [0.1, 0.15) is 0 Å². The van der Waals surface area contributed by atoms with Crippen molar-refractivity contribution in [3.05, 3.63) is 61.2 Å². The SMILES string of the molecule is F[B-](F)(F)F.F[B-](F)(F)F.O[n+]1ccccc1.c1cc[nH+]cc1. The van der Waals surface area contributed by atoms with Crippen molar-refractivity contribution in [3.63, 3.8) is 0 Å². The molecule has 0 unspecified atom stereocenters. The predicted molar refractivity (Wildman–Crippen MR) is 67.2 cm³/mol. The highest BCUT2D eigenvalue weighted by molar-refractivity contribution is 6.50. The zero-order valence-corrected chi connectivity index (χ0v) is 11.3. The minimum absolute atomic E-state index is 1.00. The van der Waals surface area contributed by atoms with Crippen LogP contribution in [0.5, 0.6) is 0 Å². The molecular weight excluding hydrogens is 338 g/mol. The average Bonchev–Trinajstić information content (AvgIpc) is 2.38. The van der Waals surface area contributed by atoms with E-state index in [1.54, 1.807) is 24.5 Å². The minimum atomic E-state index is -6.00. The van der Waals surface area contributed by atoms with Crippen LogP contribution in [0.25, 0.3) is 0 Å². The highest BCUT2D eigenvalue weighted by atomic mass is 19.5. The van der Waals surface area contributed by atoms with Gasteiger partial charge < -0.3 is 34.5 Å². The molecule has 2 N–H and O–H groups in total. The molecule has 2 aromatic heterocycles. The standard InChI is InChI=1S/C5H6NO.C5H5N.2BF4/c7-6-4-2-1-3-5-6;1-2-4-6-5-3-1;2*2-1(3,4)5/h1-5,7H;1-5H;;/q+1;;2*-1/p+1. The number of aromatic amines is 1. The quantitative estimate of drug-likeness (QED) is 0.337. The van der Waals surface area contributed by atoms with Crippen molar-refractivity contribution in [2.24, 2.45) is 0 Å². The van der Waals surface area contributed by atoms with Crippen LogP contribution in [0, 0.1) is 0 Å². The Bertz CT molecular complexity index is 433. The van der Waals surface area contributed by atoms with E-state index in [4.69, 9.17) is 5.21 Å². The maximum Gasteiger partial charge on any atom is 0.673 e. The van der Waals surface area contributed by atoms with Crippen LogP contribution < -0.4 is 9.71 Å². The Morgan fingerprint density at radius 3 is 1.04 bits per heavy atom. The number of H-pyrrole nitrogens is 1. The summed E-state index contributed by atoms with van der Waals surface area (Å²) in [5, 5.41) is 8.55. The van der Waals surface area contributed by atoms with Crippen LogP contribution in [0.3, 0.4) is 0 Å². The van der Waals surface area contributed by atoms with E-state index in [0.29, 0.717) is 0 Å². The molecule has 0 radical (unpaired) electrons. The summed E-state index contributed by atoms with van der Waals surface area (Å²) in [6.45, 7) is 0. The normalized spacial score (nSPS) is 9.91. The molecule has 0 saturated carbocycles. The largest absolute Gasteiger partial charge is 0.673 e. The van der Waals surface area contributed by atoms with Gasteiger partial charge in [-0.05, 0) is 0 Å². The van der Waals surface area contributed by atoms with Crippen LogP contribution in [0.2, 0.25) is 0 Å². The topological polar surface area (TPSA) is 38.2 Å². The average molecular weight is 350 g/mol. The molecule has 0 aliphatic carbocycles. The van der Waals surface area contributed by atoms with Gasteiger partial charge in [-0.1, -0.05) is 12.1 Å². The first-order valence-corrected chi connectivity index (χ1v) is 5.71. The third-order valence-electron chi connectivity index (χ3n) is 1.31. The van der Waals surface area contributed by atoms with Gasteiger partial charge >= 0.3 is 14.5 Å². The van der Waals surface area contributed by atoms with Crippen molar-refractivity contribution in [1.82, 2.24) is 0 Å². The molecule has 0 aliphatic heterocycles. The van der Waals surface area contributed by atoms with Gasteiger partial charge in [0, 0.05) is 29.0 Å². The lowest BCUT2D eigenvalue weighted by atomic mass is 10.3. The third-order valence-corrected chi connectivity index (χ3v) is 1.31. The number of aromatic nitrogens is 2. The predicted octanol–water partition coefficient (Wildman–Crippen LogP) is 3.31. The molecule has 2 aromatic rings. The van der Waals surface area contributed by atoms with Gasteiger partial charge in [-0.3, -0.25) is 5.21 Å². The second kappa shape index (κ2) is 12.2. The molecule has 2 heterocycles. The molecule has 130 valence electrons. The third kappa shape index (κ3) is 45.1. The molecule has 23 heavy (non-hydrogen) atoms. The van der Waals surface area contributed by atoms with Gasteiger partial charge in [0.15, 0.2) is 12.4 Å². The fraction of sp³-hybridized carbons (Fsp3) is 0. The molecule has 0 bridgehead atoms. The minimum Gasteiger partial charge on any atom is -0.418 e. The summed E-state index contributed by atoms with van der Waals surface area (Å²) < 4.78 is 79.0. The fourth-order valence-electron chi connectivity index (χ4n) is 0.732. The number of hydrogen-bond donors (Lipinski definition) is 1. The Kier molecular flexibility index (Phi) is 12.2. The molecule has 0 amide bonds. The summed E-state index contributed by atoms with van der Waals surface area (Å²) in [6, 6.07) is 11.2. The molecule has 0 atom stereocenters. The van der Waals surface area contributed by atoms with Gasteiger partial charge in [-0.2, -0.15) is 0 Å². The second-order valence-electron chi connectivity index (χ2n) is 3.32. The first-order valence-electron chi connectivity index (χ1n) is 5.71. The molecule has 0 spiro atoms. The monoisotopic (exact) mass is 350 g/mol. The van der Waals surface area contributed by atoms with E-state index in [0.717, 1.165) is 4.73 Å². The lowest BCUT2D eigenvalue weighted by Crippen LogP contribution is -2.27. The van der Waals surface area contributed by atoms with Crippen LogP contribution in [-0.2, 0) is 0 Å². The first kappa shape index (κ1) is 22.9. The molecule has 0 saturated heterocycles. The lowest BCUT2D eigenvalue weighted by Gasteiger charge is -1.94. The van der Waals surface area contributed by atoms with Crippen molar-refractivity contribution in [1.29, 1.82) is 0 Å². The zero-order chi connectivity index (χ0) is 18.4. The summed E-state index contributed by atoms with van der Waals surface area (Å²) in [5.41, 5.74) is 0. The summed E-state index contributed by atoms with van der Waals surface area (Å²) in [7, 11) is -12.0. The van der Waals surface area contributed by atoms with Crippen molar-refractivity contribution in [2.75, 3.05) is 0 Å². The van der Waals surface area contributed by atoms with E-state index >= 15 is 0 Å². The highest BCUT2D eigenvalue weighted by Gasteiger charge is 2.21. The number of nitrogens with one attached hydrogen (secondary N) is 1. The Balaban J connectivity index is 0.